The molecule has 0 bridgehead atoms. The molecule has 3 N–H and O–H groups in total. The molecule has 0 heterocycles. The smallest absolute Gasteiger partial charge is 0.257 e. The Morgan fingerprint density at radius 1 is 1.60 bits per heavy atom. The molecule has 1 aliphatic rings. The van der Waals surface area contributed by atoms with E-state index < -0.39 is 38.0 Å². The molecule has 9 nitrogen and oxygen atoms in total. The fourth-order valence-electron chi connectivity index (χ4n) is 2.13. The van der Waals surface area contributed by atoms with Crippen LogP contribution in [0.4, 0.5) is 0 Å². The van der Waals surface area contributed by atoms with E-state index in [4.69, 9.17) is 10.2 Å². The Morgan fingerprint density at radius 2 is 2.32 bits per heavy atom. The number of nitrogens with zero attached hydrogens (tertiary/aromatic N) is 1. The average molecular weight is 465 g/mol. The van der Waals surface area contributed by atoms with Crippen LogP contribution in [0.1, 0.15) is 39.0 Å². The number of nitro groups is 1. The van der Waals surface area contributed by atoms with Crippen molar-refractivity contribution in [1.82, 2.24) is 5.48 Å². The number of rotatable bonds is 9. The number of hydrogen-bond acceptors (Lipinski definition) is 7. The monoisotopic (exact) mass is 465 g/mol. The summed E-state index contributed by atoms with van der Waals surface area (Å²) in [6.07, 6.45) is 5.30. The van der Waals surface area contributed by atoms with E-state index in [1.807, 2.05) is 6.92 Å². The Bertz CT molecular complexity index is 641. The van der Waals surface area contributed by atoms with E-state index in [1.54, 1.807) is 12.2 Å². The van der Waals surface area contributed by atoms with Crippen LogP contribution in [-0.4, -0.2) is 36.0 Å². The van der Waals surface area contributed by atoms with Gasteiger partial charge in [-0.3, -0.25) is 20.3 Å². The van der Waals surface area contributed by atoms with Crippen LogP contribution in [0.5, 0.6) is 0 Å². The summed E-state index contributed by atoms with van der Waals surface area (Å²) in [5, 5.41) is 19.2. The first-order valence-corrected chi connectivity index (χ1v) is 9.68. The molecule has 1 aliphatic carbocycles. The second kappa shape index (κ2) is 10.9. The summed E-state index contributed by atoms with van der Waals surface area (Å²) >= 11 is -1.59. The van der Waals surface area contributed by atoms with Crippen LogP contribution in [0.15, 0.2) is 23.3 Å². The van der Waals surface area contributed by atoms with E-state index in [2.05, 4.69) is 5.48 Å². The van der Waals surface area contributed by atoms with Crippen LogP contribution in [0.3, 0.4) is 0 Å². The van der Waals surface area contributed by atoms with Crippen molar-refractivity contribution in [2.24, 2.45) is 0 Å². The van der Waals surface area contributed by atoms with Crippen molar-refractivity contribution in [2.45, 2.75) is 45.1 Å². The molecule has 0 fully saturated rings. The van der Waals surface area contributed by atoms with E-state index in [9.17, 15) is 23.1 Å². The van der Waals surface area contributed by atoms with Gasteiger partial charge in [0, 0.05) is 35.3 Å². The summed E-state index contributed by atoms with van der Waals surface area (Å²) in [5.41, 5.74) is 2.77. The highest BCUT2D eigenvalue weighted by atomic mass is 127. The molecule has 0 saturated carbocycles. The number of aldehydes is 1. The van der Waals surface area contributed by atoms with Gasteiger partial charge in [0.25, 0.3) is 6.04 Å². The molecule has 0 spiro atoms. The SMILES string of the molecule is CCC/C=C1\C(=N)C([N+](=O)[O-])CC=C1C(ONC(=O)CCC=O)=IO. The van der Waals surface area contributed by atoms with E-state index in [0.717, 1.165) is 6.42 Å². The molecule has 0 radical (unpaired) electrons. The third kappa shape index (κ3) is 6.21. The van der Waals surface area contributed by atoms with Gasteiger partial charge in [-0.05, 0) is 6.42 Å². The van der Waals surface area contributed by atoms with Crippen molar-refractivity contribution >= 4 is 42.7 Å². The van der Waals surface area contributed by atoms with Gasteiger partial charge in [0.15, 0.2) is 3.69 Å². The third-order valence-corrected chi connectivity index (χ3v) is 4.62. The molecule has 0 aromatic rings. The Kier molecular flexibility index (Phi) is 9.31. The lowest BCUT2D eigenvalue weighted by molar-refractivity contribution is -0.502. The Morgan fingerprint density at radius 3 is 2.88 bits per heavy atom. The average Bonchev–Trinajstić information content (AvgIpc) is 2.59. The van der Waals surface area contributed by atoms with E-state index in [-0.39, 0.29) is 28.7 Å². The zero-order valence-corrected chi connectivity index (χ0v) is 15.8. The molecule has 138 valence electrons. The number of allylic oxidation sites excluding steroid dienone is 1. The summed E-state index contributed by atoms with van der Waals surface area (Å²) in [6.45, 7) is 1.94. The van der Waals surface area contributed by atoms with Crippen LogP contribution in [0.25, 0.3) is 0 Å². The summed E-state index contributed by atoms with van der Waals surface area (Å²) in [5.74, 6) is -0.518. The fourth-order valence-corrected chi connectivity index (χ4v) is 3.11. The maximum absolute atomic E-state index is 11.5. The Labute approximate surface area is 155 Å². The van der Waals surface area contributed by atoms with E-state index in [1.165, 1.54) is 0 Å². The van der Waals surface area contributed by atoms with Gasteiger partial charge in [-0.15, -0.1) is 0 Å². The second-order valence-electron chi connectivity index (χ2n) is 5.17. The molecule has 0 aliphatic heterocycles. The van der Waals surface area contributed by atoms with Crippen molar-refractivity contribution in [2.75, 3.05) is 0 Å². The number of amides is 1. The molecular formula is C15H20IN3O6. The van der Waals surface area contributed by atoms with Crippen LogP contribution in [0.2, 0.25) is 0 Å². The molecular weight excluding hydrogens is 445 g/mol. The Balaban J connectivity index is 3.00. The molecule has 1 amide bonds. The van der Waals surface area contributed by atoms with Gasteiger partial charge in [0.1, 0.15) is 12.0 Å². The number of carbonyl (C=O) groups excluding carboxylic acids is 2. The molecule has 10 heteroatoms. The van der Waals surface area contributed by atoms with Crippen molar-refractivity contribution < 1.29 is 22.8 Å². The van der Waals surface area contributed by atoms with Gasteiger partial charge in [-0.25, -0.2) is 10.3 Å². The minimum Gasteiger partial charge on any atom is -0.335 e. The van der Waals surface area contributed by atoms with Gasteiger partial charge >= 0.3 is 0 Å². The maximum atomic E-state index is 11.5. The molecule has 0 aromatic carbocycles. The quantitative estimate of drug-likeness (QED) is 0.205. The minimum absolute atomic E-state index is 0.0142. The van der Waals surface area contributed by atoms with Crippen LogP contribution >= 0.6 is 21.1 Å². The van der Waals surface area contributed by atoms with Crippen molar-refractivity contribution in [1.29, 1.82) is 5.41 Å². The number of hydroxylamine groups is 1. The molecule has 1 atom stereocenters. The first-order valence-electron chi connectivity index (χ1n) is 7.64. The van der Waals surface area contributed by atoms with Crippen molar-refractivity contribution in [3.63, 3.8) is 0 Å². The highest BCUT2D eigenvalue weighted by molar-refractivity contribution is 14.2. The lowest BCUT2D eigenvalue weighted by atomic mass is 9.88. The van der Waals surface area contributed by atoms with Crippen LogP contribution in [-0.2, 0) is 14.4 Å². The molecule has 0 saturated heterocycles. The minimum atomic E-state index is -1.59. The van der Waals surface area contributed by atoms with Gasteiger partial charge in [0.05, 0.1) is 21.1 Å². The molecule has 1 rings (SSSR count). The lowest BCUT2D eigenvalue weighted by Gasteiger charge is -2.22. The number of nitrogens with one attached hydrogen (secondary N) is 2. The second-order valence-corrected chi connectivity index (χ2v) is 6.63. The van der Waals surface area contributed by atoms with Gasteiger partial charge in [0.2, 0.25) is 5.91 Å². The summed E-state index contributed by atoms with van der Waals surface area (Å²) in [7, 11) is 0. The summed E-state index contributed by atoms with van der Waals surface area (Å²) < 4.78 is 9.74. The zero-order chi connectivity index (χ0) is 18.8. The molecule has 25 heavy (non-hydrogen) atoms. The third-order valence-electron chi connectivity index (χ3n) is 3.38. The Hall–Kier alpha value is -1.79. The predicted molar refractivity (Wildman–Crippen MR) is 100.0 cm³/mol. The van der Waals surface area contributed by atoms with E-state index >= 15 is 0 Å². The first-order chi connectivity index (χ1) is 12.0. The van der Waals surface area contributed by atoms with Gasteiger partial charge < -0.3 is 8.23 Å². The normalized spacial score (nSPS) is 19.8. The standard InChI is InChI=1S/C15H20IN3O6/c1-2-3-5-10-11(7-8-12(14(10)17)19(23)24)15(16-22)25-18-13(21)6-4-9-20/h5,7,9,12,17,22H,2-4,6,8H2,1H3,(H,18,21)/b10-5-,17-14?. The summed E-state index contributed by atoms with van der Waals surface area (Å²) in [4.78, 5) is 37.5. The molecule has 0 aromatic heterocycles. The molecule has 1 unspecified atom stereocenters. The number of carbonyl (C=O) groups is 2. The van der Waals surface area contributed by atoms with Gasteiger partial charge in [-0.1, -0.05) is 25.5 Å². The topological polar surface area (TPSA) is 143 Å². The predicted octanol–water partition coefficient (Wildman–Crippen LogP) is 1.74. The first kappa shape index (κ1) is 21.3. The van der Waals surface area contributed by atoms with Crippen molar-refractivity contribution in [3.05, 3.63) is 33.4 Å². The largest absolute Gasteiger partial charge is 0.335 e. The van der Waals surface area contributed by atoms with Gasteiger partial charge in [-0.2, -0.15) is 0 Å². The fraction of sp³-hybridized carbons (Fsp3) is 0.467. The lowest BCUT2D eigenvalue weighted by Crippen LogP contribution is -2.36. The van der Waals surface area contributed by atoms with E-state index in [0.29, 0.717) is 23.9 Å². The highest BCUT2D eigenvalue weighted by Gasteiger charge is 2.34. The highest BCUT2D eigenvalue weighted by Crippen LogP contribution is 2.27. The van der Waals surface area contributed by atoms with Crippen molar-refractivity contribution in [3.8, 4) is 0 Å². The zero-order valence-electron chi connectivity index (χ0n) is 13.7. The van der Waals surface area contributed by atoms with Crippen LogP contribution in [0, 0.1) is 15.5 Å². The van der Waals surface area contributed by atoms with Crippen LogP contribution < -0.4 is 5.48 Å². The summed E-state index contributed by atoms with van der Waals surface area (Å²) in [6, 6.07) is -1.13. The number of hydrogen-bond donors (Lipinski definition) is 3. The number of unbranched alkanes of at least 4 members (excludes halogenated alkanes) is 1. The number of halogens is 1. The maximum Gasteiger partial charge on any atom is 0.257 e.